The Morgan fingerprint density at radius 2 is 1.95 bits per heavy atom. The summed E-state index contributed by atoms with van der Waals surface area (Å²) >= 11 is 0. The molecule has 1 aromatic rings. The molecule has 0 aliphatic carbocycles. The minimum absolute atomic E-state index is 0.558. The molecule has 4 heteroatoms. The molecule has 21 heavy (non-hydrogen) atoms. The van der Waals surface area contributed by atoms with Gasteiger partial charge in [0.2, 0.25) is 0 Å². The lowest BCUT2D eigenvalue weighted by molar-refractivity contribution is 0.192. The van der Waals surface area contributed by atoms with E-state index in [1.807, 2.05) is 24.3 Å². The highest BCUT2D eigenvalue weighted by molar-refractivity contribution is 5.31. The maximum absolute atomic E-state index is 5.82. The zero-order valence-electron chi connectivity index (χ0n) is 13.5. The van der Waals surface area contributed by atoms with E-state index in [2.05, 4.69) is 24.1 Å². The van der Waals surface area contributed by atoms with Crippen molar-refractivity contribution in [2.75, 3.05) is 33.4 Å². The van der Waals surface area contributed by atoms with Gasteiger partial charge in [-0.05, 0) is 43.7 Å². The van der Waals surface area contributed by atoms with Gasteiger partial charge >= 0.3 is 0 Å². The van der Waals surface area contributed by atoms with Gasteiger partial charge in [0.15, 0.2) is 0 Å². The van der Waals surface area contributed by atoms with Gasteiger partial charge in [-0.25, -0.2) is 0 Å². The lowest BCUT2D eigenvalue weighted by Crippen LogP contribution is -2.41. The third kappa shape index (κ3) is 5.21. The molecule has 1 aliphatic heterocycles. The highest BCUT2D eigenvalue weighted by Gasteiger charge is 2.23. The smallest absolute Gasteiger partial charge is 0.119 e. The number of ether oxygens (including phenoxy) is 2. The molecular formula is C17H28N2O2. The Morgan fingerprint density at radius 1 is 1.24 bits per heavy atom. The number of methoxy groups -OCH3 is 1. The molecule has 1 aliphatic rings. The summed E-state index contributed by atoms with van der Waals surface area (Å²) in [6, 6.07) is 9.00. The third-order valence-electron chi connectivity index (χ3n) is 3.97. The predicted octanol–water partition coefficient (Wildman–Crippen LogP) is 2.54. The van der Waals surface area contributed by atoms with Crippen molar-refractivity contribution in [3.05, 3.63) is 24.3 Å². The van der Waals surface area contributed by atoms with E-state index in [0.717, 1.165) is 31.2 Å². The van der Waals surface area contributed by atoms with Gasteiger partial charge in [0, 0.05) is 25.2 Å². The van der Waals surface area contributed by atoms with Crippen LogP contribution >= 0.6 is 0 Å². The Morgan fingerprint density at radius 3 is 2.62 bits per heavy atom. The first-order valence-electron chi connectivity index (χ1n) is 7.93. The van der Waals surface area contributed by atoms with Crippen molar-refractivity contribution in [1.82, 2.24) is 10.2 Å². The average Bonchev–Trinajstić information content (AvgIpc) is 2.93. The molecular weight excluding hydrogens is 264 g/mol. The van der Waals surface area contributed by atoms with E-state index < -0.39 is 0 Å². The van der Waals surface area contributed by atoms with E-state index >= 15 is 0 Å². The number of hydrogen-bond acceptors (Lipinski definition) is 4. The van der Waals surface area contributed by atoms with Gasteiger partial charge in [0.1, 0.15) is 18.1 Å². The molecule has 4 nitrogen and oxygen atoms in total. The number of nitrogens with zero attached hydrogens (tertiary/aromatic N) is 1. The molecule has 2 rings (SSSR count). The summed E-state index contributed by atoms with van der Waals surface area (Å²) in [5, 5.41) is 3.54. The normalized spacial score (nSPS) is 19.1. The molecule has 0 bridgehead atoms. The van der Waals surface area contributed by atoms with Crippen LogP contribution in [0, 0.1) is 0 Å². The Balaban J connectivity index is 1.71. The molecule has 1 N–H and O–H groups in total. The molecule has 0 saturated carbocycles. The largest absolute Gasteiger partial charge is 0.497 e. The van der Waals surface area contributed by atoms with Crippen molar-refractivity contribution in [3.63, 3.8) is 0 Å². The van der Waals surface area contributed by atoms with Crippen LogP contribution in [-0.2, 0) is 0 Å². The lowest BCUT2D eigenvalue weighted by Gasteiger charge is -2.25. The van der Waals surface area contributed by atoms with Crippen molar-refractivity contribution < 1.29 is 9.47 Å². The van der Waals surface area contributed by atoms with Crippen molar-refractivity contribution in [2.24, 2.45) is 0 Å². The SMILES string of the molecule is COc1ccc(OCCN2CCCC2CNC(C)C)cc1. The minimum atomic E-state index is 0.558. The molecule has 118 valence electrons. The quantitative estimate of drug-likeness (QED) is 0.798. The number of rotatable bonds is 8. The first-order chi connectivity index (χ1) is 10.2. The predicted molar refractivity (Wildman–Crippen MR) is 86.2 cm³/mol. The minimum Gasteiger partial charge on any atom is -0.497 e. The second-order valence-corrected chi connectivity index (χ2v) is 5.92. The van der Waals surface area contributed by atoms with E-state index in [4.69, 9.17) is 9.47 Å². The van der Waals surface area contributed by atoms with E-state index in [1.54, 1.807) is 7.11 Å². The van der Waals surface area contributed by atoms with Gasteiger partial charge < -0.3 is 14.8 Å². The molecule has 1 heterocycles. The maximum Gasteiger partial charge on any atom is 0.119 e. The molecule has 0 radical (unpaired) electrons. The summed E-state index contributed by atoms with van der Waals surface area (Å²) in [5.41, 5.74) is 0. The second-order valence-electron chi connectivity index (χ2n) is 5.92. The number of benzene rings is 1. The summed E-state index contributed by atoms with van der Waals surface area (Å²) < 4.78 is 11.0. The van der Waals surface area contributed by atoms with Crippen LogP contribution in [0.2, 0.25) is 0 Å². The van der Waals surface area contributed by atoms with Crippen LogP contribution in [0.25, 0.3) is 0 Å². The molecule has 0 aromatic heterocycles. The standard InChI is InChI=1S/C17H28N2O2/c1-14(2)18-13-15-5-4-10-19(15)11-12-21-17-8-6-16(20-3)7-9-17/h6-9,14-15,18H,4-5,10-13H2,1-3H3. The molecule has 1 aromatic carbocycles. The highest BCUT2D eigenvalue weighted by atomic mass is 16.5. The summed E-state index contributed by atoms with van der Waals surface area (Å²) in [5.74, 6) is 1.77. The van der Waals surface area contributed by atoms with Crippen LogP contribution in [-0.4, -0.2) is 50.3 Å². The average molecular weight is 292 g/mol. The maximum atomic E-state index is 5.82. The molecule has 1 atom stereocenters. The third-order valence-corrected chi connectivity index (χ3v) is 3.97. The van der Waals surface area contributed by atoms with Crippen molar-refractivity contribution in [1.29, 1.82) is 0 Å². The van der Waals surface area contributed by atoms with Crippen LogP contribution in [0.4, 0.5) is 0 Å². The molecule has 1 unspecified atom stereocenters. The Labute approximate surface area is 128 Å². The van der Waals surface area contributed by atoms with Crippen molar-refractivity contribution >= 4 is 0 Å². The van der Waals surface area contributed by atoms with Gasteiger partial charge in [-0.2, -0.15) is 0 Å². The van der Waals surface area contributed by atoms with Crippen molar-refractivity contribution in [3.8, 4) is 11.5 Å². The van der Waals surface area contributed by atoms with Crippen LogP contribution in [0.15, 0.2) is 24.3 Å². The fourth-order valence-electron chi connectivity index (χ4n) is 2.75. The second kappa shape index (κ2) is 8.25. The summed E-state index contributed by atoms with van der Waals surface area (Å²) in [4.78, 5) is 2.54. The summed E-state index contributed by atoms with van der Waals surface area (Å²) in [7, 11) is 1.68. The van der Waals surface area contributed by atoms with Gasteiger partial charge in [-0.1, -0.05) is 13.8 Å². The number of nitrogens with one attached hydrogen (secondary N) is 1. The monoisotopic (exact) mass is 292 g/mol. The van der Waals surface area contributed by atoms with Crippen LogP contribution in [0.3, 0.4) is 0 Å². The van der Waals surface area contributed by atoms with Crippen LogP contribution < -0.4 is 14.8 Å². The van der Waals surface area contributed by atoms with E-state index in [1.165, 1.54) is 19.4 Å². The Hall–Kier alpha value is -1.26. The Bertz CT molecular complexity index is 406. The van der Waals surface area contributed by atoms with E-state index in [9.17, 15) is 0 Å². The summed E-state index contributed by atoms with van der Waals surface area (Å²) in [6.07, 6.45) is 2.59. The van der Waals surface area contributed by atoms with Gasteiger partial charge in [0.25, 0.3) is 0 Å². The van der Waals surface area contributed by atoms with Crippen molar-refractivity contribution in [2.45, 2.75) is 38.8 Å². The highest BCUT2D eigenvalue weighted by Crippen LogP contribution is 2.18. The fraction of sp³-hybridized carbons (Fsp3) is 0.647. The van der Waals surface area contributed by atoms with E-state index in [0.29, 0.717) is 12.1 Å². The Kier molecular flexibility index (Phi) is 6.33. The van der Waals surface area contributed by atoms with Gasteiger partial charge in [0.05, 0.1) is 7.11 Å². The lowest BCUT2D eigenvalue weighted by atomic mass is 10.2. The molecule has 0 spiro atoms. The van der Waals surface area contributed by atoms with E-state index in [-0.39, 0.29) is 0 Å². The zero-order chi connectivity index (χ0) is 15.1. The zero-order valence-corrected chi connectivity index (χ0v) is 13.5. The number of likely N-dealkylation sites (tertiary alicyclic amines) is 1. The molecule has 1 saturated heterocycles. The van der Waals surface area contributed by atoms with Crippen LogP contribution in [0.5, 0.6) is 11.5 Å². The van der Waals surface area contributed by atoms with Gasteiger partial charge in [-0.15, -0.1) is 0 Å². The van der Waals surface area contributed by atoms with Crippen LogP contribution in [0.1, 0.15) is 26.7 Å². The molecule has 1 fully saturated rings. The first kappa shape index (κ1) is 16.1. The number of hydrogen-bond donors (Lipinski definition) is 1. The fourth-order valence-corrected chi connectivity index (χ4v) is 2.75. The topological polar surface area (TPSA) is 33.7 Å². The summed E-state index contributed by atoms with van der Waals surface area (Å²) in [6.45, 7) is 8.41. The first-order valence-corrected chi connectivity index (χ1v) is 7.93. The van der Waals surface area contributed by atoms with Gasteiger partial charge in [-0.3, -0.25) is 4.90 Å². The molecule has 0 amide bonds.